The number of likely N-dealkylation sites (tertiary alicyclic amines) is 1. The first-order valence-corrected chi connectivity index (χ1v) is 15.1. The van der Waals surface area contributed by atoms with E-state index in [4.69, 9.17) is 4.74 Å². The van der Waals surface area contributed by atoms with E-state index in [1.54, 1.807) is 22.0 Å². The van der Waals surface area contributed by atoms with Gasteiger partial charge in [-0.2, -0.15) is 0 Å². The lowest BCUT2D eigenvalue weighted by atomic mass is 9.62. The van der Waals surface area contributed by atoms with Crippen molar-refractivity contribution in [2.45, 2.75) is 84.1 Å². The average molecular weight is 580 g/mol. The van der Waals surface area contributed by atoms with Gasteiger partial charge in [0, 0.05) is 30.9 Å². The van der Waals surface area contributed by atoms with Crippen LogP contribution in [0.15, 0.2) is 55.6 Å². The molecule has 8 heteroatoms. The molecule has 3 aliphatic rings. The third-order valence-corrected chi connectivity index (χ3v) is 9.57. The lowest BCUT2D eigenvalue weighted by Crippen LogP contribution is -2.61. The highest BCUT2D eigenvalue weighted by molar-refractivity contribution is 6.03. The number of ether oxygens (including phenoxy) is 1. The fraction of sp³-hybridized carbons (Fsp3) is 0.618. The smallest absolute Gasteiger partial charge is 0.249 e. The van der Waals surface area contributed by atoms with E-state index in [0.29, 0.717) is 18.7 Å². The van der Waals surface area contributed by atoms with Crippen molar-refractivity contribution >= 4 is 23.4 Å². The number of anilines is 1. The van der Waals surface area contributed by atoms with Gasteiger partial charge in [-0.15, -0.1) is 13.2 Å². The highest BCUT2D eigenvalue weighted by Gasteiger charge is 2.80. The molecule has 4 rings (SSSR count). The second kappa shape index (κ2) is 11.3. The van der Waals surface area contributed by atoms with Crippen LogP contribution in [0.4, 0.5) is 5.69 Å². The standard InChI is InChI=1S/C34H49N3O5/c1-10-17-35(24-15-13-12-14-16-24)28(39)25-26-29(40)36(19-20-38)27(34(26)21-23(3)33(25,9)42-34)30(41)37(18-11-2)32(7,8)22-31(4,5)6/h10-16,23,25-27,38H,1-2,17-22H2,3-9H3/t23?,25-,26+,27?,33+,34?/m1/s1. The van der Waals surface area contributed by atoms with Gasteiger partial charge in [0.05, 0.1) is 24.0 Å². The van der Waals surface area contributed by atoms with Crippen LogP contribution >= 0.6 is 0 Å². The molecular weight excluding hydrogens is 530 g/mol. The maximum absolute atomic E-state index is 14.8. The summed E-state index contributed by atoms with van der Waals surface area (Å²) >= 11 is 0. The van der Waals surface area contributed by atoms with Gasteiger partial charge in [-0.1, -0.05) is 58.0 Å². The molecule has 8 nitrogen and oxygen atoms in total. The molecule has 1 N–H and O–H groups in total. The lowest BCUT2D eigenvalue weighted by molar-refractivity contribution is -0.156. The van der Waals surface area contributed by atoms with Crippen molar-refractivity contribution in [1.82, 2.24) is 9.80 Å². The topological polar surface area (TPSA) is 90.4 Å². The highest BCUT2D eigenvalue weighted by Crippen LogP contribution is 2.65. The molecule has 6 atom stereocenters. The van der Waals surface area contributed by atoms with Crippen LogP contribution in [-0.2, 0) is 19.1 Å². The Hall–Kier alpha value is -2.97. The number of amides is 3. The van der Waals surface area contributed by atoms with Crippen molar-refractivity contribution in [3.63, 3.8) is 0 Å². The van der Waals surface area contributed by atoms with Gasteiger partial charge in [-0.25, -0.2) is 0 Å². The number of hydrogen-bond acceptors (Lipinski definition) is 5. The molecule has 3 amide bonds. The predicted octanol–water partition coefficient (Wildman–Crippen LogP) is 4.44. The maximum atomic E-state index is 14.8. The summed E-state index contributed by atoms with van der Waals surface area (Å²) < 4.78 is 6.91. The zero-order valence-corrected chi connectivity index (χ0v) is 26.4. The third-order valence-electron chi connectivity index (χ3n) is 9.57. The van der Waals surface area contributed by atoms with E-state index < -0.39 is 34.6 Å². The first kappa shape index (κ1) is 32.0. The van der Waals surface area contributed by atoms with E-state index in [0.717, 1.165) is 6.42 Å². The summed E-state index contributed by atoms with van der Waals surface area (Å²) in [6, 6.07) is 8.39. The van der Waals surface area contributed by atoms with Crippen molar-refractivity contribution < 1.29 is 24.2 Å². The third kappa shape index (κ3) is 5.11. The van der Waals surface area contributed by atoms with Gasteiger partial charge in [0.25, 0.3) is 0 Å². The number of benzene rings is 1. The van der Waals surface area contributed by atoms with Crippen LogP contribution in [0.1, 0.15) is 61.3 Å². The van der Waals surface area contributed by atoms with Crippen molar-refractivity contribution in [3.8, 4) is 0 Å². The molecule has 230 valence electrons. The Morgan fingerprint density at radius 2 is 1.71 bits per heavy atom. The van der Waals surface area contributed by atoms with Gasteiger partial charge in [0.2, 0.25) is 17.7 Å². The van der Waals surface area contributed by atoms with Gasteiger partial charge in [0.15, 0.2) is 0 Å². The number of nitrogens with zero attached hydrogens (tertiary/aromatic N) is 3. The zero-order chi connectivity index (χ0) is 31.3. The normalized spacial score (nSPS) is 30.3. The summed E-state index contributed by atoms with van der Waals surface area (Å²) in [6.45, 7) is 22.5. The van der Waals surface area contributed by atoms with Crippen molar-refractivity contribution in [1.29, 1.82) is 0 Å². The Kier molecular flexibility index (Phi) is 8.57. The predicted molar refractivity (Wildman–Crippen MR) is 165 cm³/mol. The number of para-hydroxylation sites is 1. The fourth-order valence-electron chi connectivity index (χ4n) is 8.28. The van der Waals surface area contributed by atoms with Gasteiger partial charge in [-0.05, 0) is 57.1 Å². The Labute approximate surface area is 251 Å². The second-order valence-electron chi connectivity index (χ2n) is 14.3. The SMILES string of the molecule is C=CCN(C(=O)[C@H]1[C@H]2C(=O)N(CCO)C(C(=O)N(CC=C)C(C)(C)CC(C)(C)C)C23CC(C)[C@]1(C)O3)c1ccccc1. The van der Waals surface area contributed by atoms with Gasteiger partial charge < -0.3 is 24.5 Å². The molecule has 0 aromatic heterocycles. The summed E-state index contributed by atoms with van der Waals surface area (Å²) in [5, 5.41) is 10.1. The number of fused-ring (bicyclic) bond motifs is 1. The van der Waals surface area contributed by atoms with E-state index >= 15 is 0 Å². The molecular formula is C34H49N3O5. The summed E-state index contributed by atoms with van der Waals surface area (Å²) in [4.78, 5) is 48.6. The molecule has 0 radical (unpaired) electrons. The summed E-state index contributed by atoms with van der Waals surface area (Å²) in [5.74, 6) is -2.50. The molecule has 3 unspecified atom stereocenters. The van der Waals surface area contributed by atoms with Crippen molar-refractivity contribution in [2.75, 3.05) is 31.1 Å². The van der Waals surface area contributed by atoms with E-state index in [2.05, 4.69) is 33.9 Å². The van der Waals surface area contributed by atoms with E-state index in [1.807, 2.05) is 58.0 Å². The first-order valence-electron chi connectivity index (χ1n) is 15.1. The van der Waals surface area contributed by atoms with Crippen LogP contribution in [-0.4, -0.2) is 81.7 Å². The largest absolute Gasteiger partial charge is 0.395 e. The molecule has 0 aliphatic carbocycles. The van der Waals surface area contributed by atoms with E-state index in [1.165, 1.54) is 4.90 Å². The van der Waals surface area contributed by atoms with Crippen molar-refractivity contribution in [2.24, 2.45) is 23.2 Å². The minimum Gasteiger partial charge on any atom is -0.395 e. The molecule has 0 saturated carbocycles. The maximum Gasteiger partial charge on any atom is 0.249 e. The Balaban J connectivity index is 1.83. The average Bonchev–Trinajstić information content (AvgIpc) is 3.41. The van der Waals surface area contributed by atoms with E-state index in [9.17, 15) is 19.5 Å². The molecule has 1 aromatic carbocycles. The van der Waals surface area contributed by atoms with Crippen LogP contribution in [0.25, 0.3) is 0 Å². The quantitative estimate of drug-likeness (QED) is 0.392. The number of carbonyl (C=O) groups excluding carboxylic acids is 3. The number of β-amino-alcohol motifs (C(OH)–C–C–N with tert-alkyl or cyclic N) is 1. The van der Waals surface area contributed by atoms with Gasteiger partial charge in [-0.3, -0.25) is 14.4 Å². The first-order chi connectivity index (χ1) is 19.6. The molecule has 2 bridgehead atoms. The summed E-state index contributed by atoms with van der Waals surface area (Å²) in [6.07, 6.45) is 4.57. The highest BCUT2D eigenvalue weighted by atomic mass is 16.5. The zero-order valence-electron chi connectivity index (χ0n) is 26.4. The number of carbonyl (C=O) groups is 3. The van der Waals surface area contributed by atoms with Crippen LogP contribution in [0.3, 0.4) is 0 Å². The fourth-order valence-corrected chi connectivity index (χ4v) is 8.28. The summed E-state index contributed by atoms with van der Waals surface area (Å²) in [5.41, 5.74) is -2.04. The second-order valence-corrected chi connectivity index (χ2v) is 14.3. The monoisotopic (exact) mass is 579 g/mol. The van der Waals surface area contributed by atoms with Crippen LogP contribution in [0.5, 0.6) is 0 Å². The molecule has 1 aromatic rings. The summed E-state index contributed by atoms with van der Waals surface area (Å²) in [7, 11) is 0. The minimum atomic E-state index is -1.19. The number of hydrogen-bond donors (Lipinski definition) is 1. The van der Waals surface area contributed by atoms with Crippen LogP contribution in [0.2, 0.25) is 0 Å². The number of rotatable bonds is 11. The van der Waals surface area contributed by atoms with Crippen molar-refractivity contribution in [3.05, 3.63) is 55.6 Å². The molecule has 1 spiro atoms. The Morgan fingerprint density at radius 3 is 2.26 bits per heavy atom. The minimum absolute atomic E-state index is 0.0143. The van der Waals surface area contributed by atoms with Gasteiger partial charge >= 0.3 is 0 Å². The van der Waals surface area contributed by atoms with E-state index in [-0.39, 0.29) is 48.8 Å². The van der Waals surface area contributed by atoms with Crippen LogP contribution in [0, 0.1) is 23.2 Å². The number of aliphatic hydroxyl groups is 1. The number of aliphatic hydroxyl groups excluding tert-OH is 1. The molecule has 3 saturated heterocycles. The van der Waals surface area contributed by atoms with Gasteiger partial charge in [0.1, 0.15) is 11.6 Å². The molecule has 3 aliphatic heterocycles. The molecule has 42 heavy (non-hydrogen) atoms. The Bertz CT molecular complexity index is 1220. The lowest BCUT2D eigenvalue weighted by Gasteiger charge is -2.45. The molecule has 3 heterocycles. The van der Waals surface area contributed by atoms with Crippen LogP contribution < -0.4 is 4.90 Å². The molecule has 3 fully saturated rings. The Morgan fingerprint density at radius 1 is 1.10 bits per heavy atom.